The van der Waals surface area contributed by atoms with Gasteiger partial charge in [-0.25, -0.2) is 13.1 Å². The van der Waals surface area contributed by atoms with E-state index in [-0.39, 0.29) is 22.9 Å². The summed E-state index contributed by atoms with van der Waals surface area (Å²) < 4.78 is 26.4. The Balaban J connectivity index is 2.03. The van der Waals surface area contributed by atoms with Gasteiger partial charge in [0.05, 0.1) is 4.90 Å². The first-order valence-corrected chi connectivity index (χ1v) is 7.80. The molecule has 0 amide bonds. The number of hydrogen-bond donors (Lipinski definition) is 5. The number of aromatic hydroxyl groups is 4. The maximum Gasteiger partial charge on any atom is 0.240 e. The largest absolute Gasteiger partial charge is 0.504 e. The summed E-state index contributed by atoms with van der Waals surface area (Å²) in [7, 11) is -3.82. The molecule has 7 nitrogen and oxygen atoms in total. The highest BCUT2D eigenvalue weighted by Crippen LogP contribution is 2.27. The standard InChI is InChI=1S/C14H15NO6S/c16-11-3-1-9(7-13(11)18)5-6-15-22(20,21)10-2-4-12(17)14(19)8-10/h1-4,7-8,15-19H,5-6H2. The van der Waals surface area contributed by atoms with Crippen molar-refractivity contribution >= 4 is 10.0 Å². The zero-order valence-corrected chi connectivity index (χ0v) is 12.2. The normalized spacial score (nSPS) is 11.5. The smallest absolute Gasteiger partial charge is 0.240 e. The maximum atomic E-state index is 12.0. The average molecular weight is 325 g/mol. The molecule has 0 atom stereocenters. The molecule has 0 heterocycles. The summed E-state index contributed by atoms with van der Waals surface area (Å²) in [6, 6.07) is 7.43. The second-order valence-electron chi connectivity index (χ2n) is 4.62. The molecule has 8 heteroatoms. The molecule has 5 N–H and O–H groups in total. The van der Waals surface area contributed by atoms with Crippen molar-refractivity contribution in [1.29, 1.82) is 0 Å². The van der Waals surface area contributed by atoms with Crippen molar-refractivity contribution in [2.75, 3.05) is 6.54 Å². The molecular weight excluding hydrogens is 310 g/mol. The molecule has 0 bridgehead atoms. The van der Waals surface area contributed by atoms with Crippen LogP contribution in [-0.4, -0.2) is 35.4 Å². The van der Waals surface area contributed by atoms with E-state index in [2.05, 4.69) is 4.72 Å². The van der Waals surface area contributed by atoms with Crippen molar-refractivity contribution in [3.05, 3.63) is 42.0 Å². The van der Waals surface area contributed by atoms with Crippen molar-refractivity contribution in [1.82, 2.24) is 4.72 Å². The van der Waals surface area contributed by atoms with Gasteiger partial charge in [-0.3, -0.25) is 0 Å². The number of rotatable bonds is 5. The number of phenols is 4. The minimum Gasteiger partial charge on any atom is -0.504 e. The van der Waals surface area contributed by atoms with Crippen molar-refractivity contribution in [2.45, 2.75) is 11.3 Å². The predicted octanol–water partition coefficient (Wildman–Crippen LogP) is 1.03. The van der Waals surface area contributed by atoms with E-state index in [4.69, 9.17) is 0 Å². The third kappa shape index (κ3) is 3.60. The molecule has 0 saturated carbocycles. The van der Waals surface area contributed by atoms with Crippen LogP contribution in [0.1, 0.15) is 5.56 Å². The van der Waals surface area contributed by atoms with Gasteiger partial charge in [-0.1, -0.05) is 6.07 Å². The topological polar surface area (TPSA) is 127 Å². The van der Waals surface area contributed by atoms with Crippen LogP contribution in [0.25, 0.3) is 0 Å². The van der Waals surface area contributed by atoms with Gasteiger partial charge in [0.2, 0.25) is 10.0 Å². The van der Waals surface area contributed by atoms with Crippen molar-refractivity contribution in [3.8, 4) is 23.0 Å². The summed E-state index contributed by atoms with van der Waals surface area (Å²) in [4.78, 5) is -0.170. The molecule has 0 aliphatic rings. The van der Waals surface area contributed by atoms with Gasteiger partial charge >= 0.3 is 0 Å². The van der Waals surface area contributed by atoms with E-state index in [1.165, 1.54) is 18.2 Å². The fourth-order valence-corrected chi connectivity index (χ4v) is 2.86. The van der Waals surface area contributed by atoms with Crippen LogP contribution in [-0.2, 0) is 16.4 Å². The summed E-state index contributed by atoms with van der Waals surface area (Å²) in [6.45, 7) is 0.0637. The molecule has 2 rings (SSSR count). The van der Waals surface area contributed by atoms with Gasteiger partial charge in [0, 0.05) is 12.6 Å². The summed E-state index contributed by atoms with van der Waals surface area (Å²) in [5, 5.41) is 37.0. The molecule has 0 radical (unpaired) electrons. The summed E-state index contributed by atoms with van der Waals surface area (Å²) >= 11 is 0. The first-order valence-electron chi connectivity index (χ1n) is 6.32. The molecular formula is C14H15NO6S. The van der Waals surface area contributed by atoms with Crippen molar-refractivity contribution in [3.63, 3.8) is 0 Å². The second-order valence-corrected chi connectivity index (χ2v) is 6.39. The van der Waals surface area contributed by atoms with Gasteiger partial charge in [-0.15, -0.1) is 0 Å². The zero-order chi connectivity index (χ0) is 16.3. The lowest BCUT2D eigenvalue weighted by Crippen LogP contribution is -2.25. The Hall–Kier alpha value is -2.45. The molecule has 0 spiro atoms. The molecule has 0 aliphatic heterocycles. The van der Waals surface area contributed by atoms with Gasteiger partial charge in [0.15, 0.2) is 23.0 Å². The van der Waals surface area contributed by atoms with Crippen LogP contribution >= 0.6 is 0 Å². The van der Waals surface area contributed by atoms with E-state index in [0.717, 1.165) is 12.1 Å². The van der Waals surface area contributed by atoms with E-state index in [0.29, 0.717) is 12.0 Å². The van der Waals surface area contributed by atoms with Crippen LogP contribution in [0.15, 0.2) is 41.3 Å². The summed E-state index contributed by atoms with van der Waals surface area (Å²) in [5.74, 6) is -1.45. The molecule has 0 fully saturated rings. The maximum absolute atomic E-state index is 12.0. The molecule has 0 unspecified atom stereocenters. The molecule has 0 saturated heterocycles. The first-order chi connectivity index (χ1) is 10.3. The molecule has 0 aromatic heterocycles. The number of sulfonamides is 1. The Morgan fingerprint density at radius 3 is 2.00 bits per heavy atom. The minimum absolute atomic E-state index is 0.0637. The highest BCUT2D eigenvalue weighted by atomic mass is 32.2. The highest BCUT2D eigenvalue weighted by Gasteiger charge is 2.15. The van der Waals surface area contributed by atoms with Crippen LogP contribution in [0.4, 0.5) is 0 Å². The second kappa shape index (κ2) is 6.12. The molecule has 22 heavy (non-hydrogen) atoms. The van der Waals surface area contributed by atoms with Gasteiger partial charge in [0.25, 0.3) is 0 Å². The average Bonchev–Trinajstić information content (AvgIpc) is 2.45. The van der Waals surface area contributed by atoms with Crippen molar-refractivity contribution in [2.24, 2.45) is 0 Å². The third-order valence-electron chi connectivity index (χ3n) is 3.00. The fraction of sp³-hybridized carbons (Fsp3) is 0.143. The van der Waals surface area contributed by atoms with Crippen LogP contribution in [0, 0.1) is 0 Å². The van der Waals surface area contributed by atoms with Crippen LogP contribution in [0.2, 0.25) is 0 Å². The van der Waals surface area contributed by atoms with Gasteiger partial charge in [-0.2, -0.15) is 0 Å². The summed E-state index contributed by atoms with van der Waals surface area (Å²) in [5.41, 5.74) is 0.645. The van der Waals surface area contributed by atoms with Gasteiger partial charge in [0.1, 0.15) is 0 Å². The fourth-order valence-electron chi connectivity index (χ4n) is 1.81. The third-order valence-corrected chi connectivity index (χ3v) is 4.46. The van der Waals surface area contributed by atoms with Crippen LogP contribution in [0.5, 0.6) is 23.0 Å². The van der Waals surface area contributed by atoms with Crippen LogP contribution < -0.4 is 4.72 Å². The first kappa shape index (κ1) is 15.9. The quantitative estimate of drug-likeness (QED) is 0.523. The molecule has 118 valence electrons. The Labute approximate surface area is 127 Å². The molecule has 0 aliphatic carbocycles. The Morgan fingerprint density at radius 1 is 0.818 bits per heavy atom. The van der Waals surface area contributed by atoms with E-state index < -0.39 is 21.5 Å². The van der Waals surface area contributed by atoms with E-state index >= 15 is 0 Å². The van der Waals surface area contributed by atoms with Gasteiger partial charge in [-0.05, 0) is 36.2 Å². The lowest BCUT2D eigenvalue weighted by molar-refractivity contribution is 0.402. The lowest BCUT2D eigenvalue weighted by atomic mass is 10.1. The lowest BCUT2D eigenvalue weighted by Gasteiger charge is -2.08. The summed E-state index contributed by atoms with van der Waals surface area (Å²) in [6.07, 6.45) is 0.303. The number of benzene rings is 2. The SMILES string of the molecule is O=S(=O)(NCCc1ccc(O)c(O)c1)c1ccc(O)c(O)c1. The Kier molecular flexibility index (Phi) is 4.43. The van der Waals surface area contributed by atoms with E-state index in [9.17, 15) is 28.8 Å². The zero-order valence-electron chi connectivity index (χ0n) is 11.4. The monoisotopic (exact) mass is 325 g/mol. The Bertz CT molecular complexity index is 788. The Morgan fingerprint density at radius 2 is 1.41 bits per heavy atom. The molecule has 2 aromatic rings. The highest BCUT2D eigenvalue weighted by molar-refractivity contribution is 7.89. The van der Waals surface area contributed by atoms with Gasteiger partial charge < -0.3 is 20.4 Å². The van der Waals surface area contributed by atoms with E-state index in [1.807, 2.05) is 0 Å². The predicted molar refractivity (Wildman–Crippen MR) is 78.4 cm³/mol. The van der Waals surface area contributed by atoms with E-state index in [1.54, 1.807) is 6.07 Å². The number of nitrogens with one attached hydrogen (secondary N) is 1. The minimum atomic E-state index is -3.82. The molecule has 2 aromatic carbocycles. The number of phenolic OH excluding ortho intramolecular Hbond substituents is 4. The number of hydrogen-bond acceptors (Lipinski definition) is 6. The van der Waals surface area contributed by atoms with Crippen molar-refractivity contribution < 1.29 is 28.8 Å². The van der Waals surface area contributed by atoms with Crippen LogP contribution in [0.3, 0.4) is 0 Å².